The molecule has 1 saturated heterocycles. The van der Waals surface area contributed by atoms with Gasteiger partial charge in [-0.1, -0.05) is 15.9 Å². The zero-order valence-electron chi connectivity index (χ0n) is 13.8. The molecule has 7 heteroatoms. The fraction of sp³-hybridized carbons (Fsp3) is 0.353. The molecule has 6 nitrogen and oxygen atoms in total. The number of nitrogens with one attached hydrogen (secondary N) is 1. The second-order valence-electron chi connectivity index (χ2n) is 5.97. The molecule has 0 radical (unpaired) electrons. The number of piperazine rings is 1. The van der Waals surface area contributed by atoms with E-state index in [0.717, 1.165) is 41.9 Å². The summed E-state index contributed by atoms with van der Waals surface area (Å²) in [6.45, 7) is 5.26. The number of carbonyl (C=O) groups excluding carboxylic acids is 1. The Morgan fingerprint density at radius 1 is 1.17 bits per heavy atom. The molecule has 24 heavy (non-hydrogen) atoms. The molecule has 1 amide bonds. The summed E-state index contributed by atoms with van der Waals surface area (Å²) < 4.78 is 1.06. The van der Waals surface area contributed by atoms with E-state index < -0.39 is 0 Å². The summed E-state index contributed by atoms with van der Waals surface area (Å²) in [4.78, 5) is 25.0. The normalized spacial score (nSPS) is 15.4. The zero-order valence-corrected chi connectivity index (χ0v) is 15.4. The van der Waals surface area contributed by atoms with Crippen LogP contribution in [-0.2, 0) is 0 Å². The van der Waals surface area contributed by atoms with Crippen LogP contribution in [0.2, 0.25) is 0 Å². The average molecular weight is 390 g/mol. The molecule has 0 spiro atoms. The van der Waals surface area contributed by atoms with Crippen LogP contribution in [0.4, 0.5) is 11.5 Å². The maximum Gasteiger partial charge on any atom is 0.272 e. The number of aryl methyl sites for hydroxylation is 1. The number of hydrogen-bond donors (Lipinski definition) is 1. The first-order chi connectivity index (χ1) is 11.5. The van der Waals surface area contributed by atoms with Crippen molar-refractivity contribution < 1.29 is 4.79 Å². The van der Waals surface area contributed by atoms with Crippen LogP contribution < -0.4 is 5.32 Å². The first-order valence-corrected chi connectivity index (χ1v) is 8.65. The van der Waals surface area contributed by atoms with Crippen molar-refractivity contribution in [3.05, 3.63) is 46.3 Å². The molecule has 3 rings (SSSR count). The fourth-order valence-corrected chi connectivity index (χ4v) is 2.83. The van der Waals surface area contributed by atoms with E-state index in [1.54, 1.807) is 6.07 Å². The van der Waals surface area contributed by atoms with Crippen LogP contribution in [0.1, 0.15) is 16.1 Å². The minimum atomic E-state index is -0.0412. The van der Waals surface area contributed by atoms with Crippen molar-refractivity contribution in [1.29, 1.82) is 0 Å². The molecule has 1 fully saturated rings. The molecule has 0 aliphatic carbocycles. The van der Waals surface area contributed by atoms with E-state index in [-0.39, 0.29) is 5.91 Å². The van der Waals surface area contributed by atoms with Crippen LogP contribution in [0, 0.1) is 6.92 Å². The lowest BCUT2D eigenvalue weighted by atomic mass is 10.2. The van der Waals surface area contributed by atoms with Crippen LogP contribution in [0.25, 0.3) is 0 Å². The number of likely N-dealkylation sites (N-methyl/N-ethyl adjacent to an activating group) is 1. The maximum absolute atomic E-state index is 12.6. The predicted octanol–water partition coefficient (Wildman–Crippen LogP) is 2.68. The Morgan fingerprint density at radius 3 is 2.62 bits per heavy atom. The average Bonchev–Trinajstić information content (AvgIpc) is 2.58. The molecule has 0 saturated carbocycles. The number of rotatable bonds is 3. The monoisotopic (exact) mass is 389 g/mol. The first kappa shape index (κ1) is 16.9. The van der Waals surface area contributed by atoms with E-state index in [2.05, 4.69) is 43.2 Å². The van der Waals surface area contributed by atoms with Crippen molar-refractivity contribution in [2.75, 3.05) is 38.5 Å². The number of carbonyl (C=O) groups is 1. The van der Waals surface area contributed by atoms with Gasteiger partial charge >= 0.3 is 0 Å². The molecule has 0 unspecified atom stereocenters. The van der Waals surface area contributed by atoms with Crippen molar-refractivity contribution in [3.63, 3.8) is 0 Å². The number of hydrogen-bond acceptors (Lipinski definition) is 5. The number of nitrogens with zero attached hydrogens (tertiary/aromatic N) is 4. The van der Waals surface area contributed by atoms with Crippen molar-refractivity contribution >= 4 is 33.3 Å². The van der Waals surface area contributed by atoms with E-state index in [0.29, 0.717) is 11.5 Å². The lowest BCUT2D eigenvalue weighted by Gasteiger charge is -2.32. The molecule has 0 bridgehead atoms. The Labute approximate surface area is 150 Å². The predicted molar refractivity (Wildman–Crippen MR) is 97.6 cm³/mol. The van der Waals surface area contributed by atoms with Gasteiger partial charge in [-0.3, -0.25) is 4.79 Å². The third-order valence-corrected chi connectivity index (χ3v) is 5.00. The molecule has 2 heterocycles. The molecule has 1 aromatic carbocycles. The van der Waals surface area contributed by atoms with Crippen molar-refractivity contribution in [1.82, 2.24) is 19.8 Å². The van der Waals surface area contributed by atoms with Crippen molar-refractivity contribution in [2.45, 2.75) is 6.92 Å². The molecule has 0 atom stereocenters. The standard InChI is InChI=1S/C17H20BrN5O/c1-12-9-13(3-4-14(12)18)21-16-10-15(19-11-20-16)17(24)23-7-5-22(2)6-8-23/h3-4,9-11H,5-8H2,1-2H3,(H,19,20,21). The molecule has 1 aliphatic heterocycles. The summed E-state index contributed by atoms with van der Waals surface area (Å²) >= 11 is 3.49. The Morgan fingerprint density at radius 2 is 1.92 bits per heavy atom. The SMILES string of the molecule is Cc1cc(Nc2cc(C(=O)N3CCN(C)CC3)ncn2)ccc1Br. The molecule has 1 N–H and O–H groups in total. The van der Waals surface area contributed by atoms with Gasteiger partial charge in [0.2, 0.25) is 0 Å². The molecule has 1 aromatic heterocycles. The van der Waals surface area contributed by atoms with Gasteiger partial charge in [-0.15, -0.1) is 0 Å². The second kappa shape index (κ2) is 7.27. The third-order valence-electron chi connectivity index (χ3n) is 4.11. The summed E-state index contributed by atoms with van der Waals surface area (Å²) in [5.74, 6) is 0.574. The number of aromatic nitrogens is 2. The number of anilines is 2. The highest BCUT2D eigenvalue weighted by Gasteiger charge is 2.21. The van der Waals surface area contributed by atoms with Crippen molar-refractivity contribution in [2.24, 2.45) is 0 Å². The van der Waals surface area contributed by atoms with Gasteiger partial charge in [0.05, 0.1) is 0 Å². The molecular formula is C17H20BrN5O. The largest absolute Gasteiger partial charge is 0.340 e. The molecule has 1 aliphatic rings. The van der Waals surface area contributed by atoms with Crippen LogP contribution in [0.3, 0.4) is 0 Å². The highest BCUT2D eigenvalue weighted by atomic mass is 79.9. The van der Waals surface area contributed by atoms with Crippen LogP contribution in [0.5, 0.6) is 0 Å². The summed E-state index contributed by atoms with van der Waals surface area (Å²) in [5.41, 5.74) is 2.47. The van der Waals surface area contributed by atoms with E-state index >= 15 is 0 Å². The zero-order chi connectivity index (χ0) is 17.1. The third kappa shape index (κ3) is 3.91. The van der Waals surface area contributed by atoms with E-state index in [4.69, 9.17) is 0 Å². The minimum absolute atomic E-state index is 0.0412. The van der Waals surface area contributed by atoms with Gasteiger partial charge in [-0.25, -0.2) is 9.97 Å². The fourth-order valence-electron chi connectivity index (χ4n) is 2.58. The number of amides is 1. The van der Waals surface area contributed by atoms with Gasteiger partial charge < -0.3 is 15.1 Å². The number of benzene rings is 1. The topological polar surface area (TPSA) is 61.4 Å². The molecule has 2 aromatic rings. The van der Waals surface area contributed by atoms with Gasteiger partial charge in [0.15, 0.2) is 0 Å². The van der Waals surface area contributed by atoms with E-state index in [1.165, 1.54) is 6.33 Å². The summed E-state index contributed by atoms with van der Waals surface area (Å²) in [6.07, 6.45) is 1.43. The highest BCUT2D eigenvalue weighted by Crippen LogP contribution is 2.22. The van der Waals surface area contributed by atoms with Gasteiger partial charge in [-0.05, 0) is 37.7 Å². The van der Waals surface area contributed by atoms with E-state index in [1.807, 2.05) is 30.0 Å². The lowest BCUT2D eigenvalue weighted by molar-refractivity contribution is 0.0658. The Bertz CT molecular complexity index is 744. The van der Waals surface area contributed by atoms with Gasteiger partial charge in [0.1, 0.15) is 17.8 Å². The molecular weight excluding hydrogens is 370 g/mol. The van der Waals surface area contributed by atoms with E-state index in [9.17, 15) is 4.79 Å². The Kier molecular flexibility index (Phi) is 5.11. The second-order valence-corrected chi connectivity index (χ2v) is 6.83. The smallest absolute Gasteiger partial charge is 0.272 e. The van der Waals surface area contributed by atoms with Crippen LogP contribution >= 0.6 is 15.9 Å². The first-order valence-electron chi connectivity index (χ1n) is 7.86. The maximum atomic E-state index is 12.6. The Hall–Kier alpha value is -1.99. The van der Waals surface area contributed by atoms with Gasteiger partial charge in [0, 0.05) is 42.4 Å². The van der Waals surface area contributed by atoms with Gasteiger partial charge in [-0.2, -0.15) is 0 Å². The lowest BCUT2D eigenvalue weighted by Crippen LogP contribution is -2.47. The quantitative estimate of drug-likeness (QED) is 0.873. The van der Waals surface area contributed by atoms with Crippen molar-refractivity contribution in [3.8, 4) is 0 Å². The summed E-state index contributed by atoms with van der Waals surface area (Å²) in [6, 6.07) is 7.67. The number of halogens is 1. The molecule has 126 valence electrons. The summed E-state index contributed by atoms with van der Waals surface area (Å²) in [5, 5.41) is 3.23. The van der Waals surface area contributed by atoms with Crippen LogP contribution in [-0.4, -0.2) is 58.9 Å². The highest BCUT2D eigenvalue weighted by molar-refractivity contribution is 9.10. The van der Waals surface area contributed by atoms with Crippen LogP contribution in [0.15, 0.2) is 35.1 Å². The van der Waals surface area contributed by atoms with Gasteiger partial charge in [0.25, 0.3) is 5.91 Å². The Balaban J connectivity index is 1.73. The minimum Gasteiger partial charge on any atom is -0.340 e. The summed E-state index contributed by atoms with van der Waals surface area (Å²) in [7, 11) is 2.06.